The lowest BCUT2D eigenvalue weighted by Crippen LogP contribution is -2.42. The van der Waals surface area contributed by atoms with Crippen molar-refractivity contribution in [3.05, 3.63) is 24.3 Å². The summed E-state index contributed by atoms with van der Waals surface area (Å²) < 4.78 is 27.1. The highest BCUT2D eigenvalue weighted by Gasteiger charge is 2.31. The maximum absolute atomic E-state index is 12.7. The van der Waals surface area contributed by atoms with Crippen LogP contribution in [-0.2, 0) is 10.0 Å². The monoisotopic (exact) mass is 310 g/mol. The number of anilines is 1. The lowest BCUT2D eigenvalue weighted by Gasteiger charge is -2.34. The van der Waals surface area contributed by atoms with Gasteiger partial charge in [0.25, 0.3) is 0 Å². The first-order chi connectivity index (χ1) is 9.93. The number of nitrogens with zero attached hydrogens (tertiary/aromatic N) is 1. The molecule has 1 aromatic rings. The molecular weight excluding hydrogens is 284 g/mol. The number of nitrogens with one attached hydrogen (secondary N) is 1. The van der Waals surface area contributed by atoms with Gasteiger partial charge in [-0.1, -0.05) is 20.8 Å². The summed E-state index contributed by atoms with van der Waals surface area (Å²) in [6.07, 6.45) is 2.15. The molecule has 0 saturated carbocycles. The number of piperidine rings is 1. The van der Waals surface area contributed by atoms with Gasteiger partial charge in [-0.05, 0) is 48.9 Å². The molecule has 0 aromatic heterocycles. The van der Waals surface area contributed by atoms with Crippen LogP contribution < -0.4 is 5.32 Å². The minimum atomic E-state index is -3.36. The van der Waals surface area contributed by atoms with Crippen LogP contribution in [0.25, 0.3) is 0 Å². The summed E-state index contributed by atoms with van der Waals surface area (Å²) in [6, 6.07) is 7.10. The van der Waals surface area contributed by atoms with Crippen molar-refractivity contribution >= 4 is 15.7 Å². The summed E-state index contributed by atoms with van der Waals surface area (Å²) in [6.45, 7) is 8.49. The van der Waals surface area contributed by atoms with Gasteiger partial charge in [0.05, 0.1) is 4.90 Å². The lowest BCUT2D eigenvalue weighted by atomic mass is 9.94. The van der Waals surface area contributed by atoms with Crippen molar-refractivity contribution in [1.29, 1.82) is 0 Å². The van der Waals surface area contributed by atoms with E-state index in [0.29, 0.717) is 29.8 Å². The Balaban J connectivity index is 2.15. The topological polar surface area (TPSA) is 49.4 Å². The molecular formula is C16H26N2O2S. The van der Waals surface area contributed by atoms with E-state index < -0.39 is 10.0 Å². The molecule has 0 bridgehead atoms. The predicted molar refractivity (Wildman–Crippen MR) is 86.9 cm³/mol. The molecule has 0 spiro atoms. The molecule has 21 heavy (non-hydrogen) atoms. The van der Waals surface area contributed by atoms with Crippen LogP contribution in [0.3, 0.4) is 0 Å². The molecule has 0 radical (unpaired) electrons. The van der Waals surface area contributed by atoms with E-state index in [1.165, 1.54) is 0 Å². The Labute approximate surface area is 128 Å². The van der Waals surface area contributed by atoms with E-state index >= 15 is 0 Å². The Morgan fingerprint density at radius 2 is 1.71 bits per heavy atom. The van der Waals surface area contributed by atoms with E-state index in [9.17, 15) is 8.42 Å². The van der Waals surface area contributed by atoms with Crippen LogP contribution in [0.4, 0.5) is 5.69 Å². The Morgan fingerprint density at radius 3 is 2.24 bits per heavy atom. The molecule has 5 heteroatoms. The first-order valence-electron chi connectivity index (χ1n) is 7.77. The molecule has 1 heterocycles. The van der Waals surface area contributed by atoms with Gasteiger partial charge in [0.2, 0.25) is 10.0 Å². The highest BCUT2D eigenvalue weighted by Crippen LogP contribution is 2.27. The first kappa shape index (κ1) is 16.3. The van der Waals surface area contributed by atoms with Crippen LogP contribution >= 0.6 is 0 Å². The molecule has 1 aliphatic heterocycles. The molecule has 1 N–H and O–H groups in total. The van der Waals surface area contributed by atoms with E-state index in [-0.39, 0.29) is 0 Å². The molecule has 1 aromatic carbocycles. The Morgan fingerprint density at radius 1 is 1.14 bits per heavy atom. The zero-order valence-electron chi connectivity index (χ0n) is 13.2. The molecule has 1 saturated heterocycles. The van der Waals surface area contributed by atoms with Crippen LogP contribution in [0, 0.1) is 11.8 Å². The zero-order chi connectivity index (χ0) is 15.5. The second-order valence-corrected chi connectivity index (χ2v) is 8.16. The van der Waals surface area contributed by atoms with Gasteiger partial charge in [0.15, 0.2) is 0 Å². The van der Waals surface area contributed by atoms with E-state index in [1.54, 1.807) is 16.4 Å². The fourth-order valence-electron chi connectivity index (χ4n) is 2.97. The van der Waals surface area contributed by atoms with Gasteiger partial charge in [-0.2, -0.15) is 4.31 Å². The third-order valence-electron chi connectivity index (χ3n) is 3.91. The van der Waals surface area contributed by atoms with Crippen molar-refractivity contribution in [3.8, 4) is 0 Å². The van der Waals surface area contributed by atoms with Gasteiger partial charge in [-0.3, -0.25) is 0 Å². The first-order valence-corrected chi connectivity index (χ1v) is 9.21. The highest BCUT2D eigenvalue weighted by atomic mass is 32.2. The number of rotatable bonds is 5. The lowest BCUT2D eigenvalue weighted by molar-refractivity contribution is 0.222. The van der Waals surface area contributed by atoms with Crippen LogP contribution in [0.1, 0.15) is 33.6 Å². The fourth-order valence-corrected chi connectivity index (χ4v) is 4.64. The molecule has 4 nitrogen and oxygen atoms in total. The molecule has 0 amide bonds. The number of hydrogen-bond acceptors (Lipinski definition) is 3. The van der Waals surface area contributed by atoms with Crippen molar-refractivity contribution in [3.63, 3.8) is 0 Å². The average Bonchev–Trinajstić information content (AvgIpc) is 2.44. The molecule has 2 atom stereocenters. The number of hydrogen-bond donors (Lipinski definition) is 1. The van der Waals surface area contributed by atoms with Crippen LogP contribution in [0.15, 0.2) is 29.2 Å². The van der Waals surface area contributed by atoms with Gasteiger partial charge in [-0.15, -0.1) is 0 Å². The van der Waals surface area contributed by atoms with E-state index in [4.69, 9.17) is 0 Å². The predicted octanol–water partition coefficient (Wildman–Crippen LogP) is 3.18. The summed E-state index contributed by atoms with van der Waals surface area (Å²) in [4.78, 5) is 0.394. The Kier molecular flexibility index (Phi) is 5.27. The van der Waals surface area contributed by atoms with Gasteiger partial charge >= 0.3 is 0 Å². The Hall–Kier alpha value is -1.07. The fraction of sp³-hybridized carbons (Fsp3) is 0.625. The van der Waals surface area contributed by atoms with E-state index in [2.05, 4.69) is 26.1 Å². The average molecular weight is 310 g/mol. The maximum atomic E-state index is 12.7. The molecule has 0 aliphatic carbocycles. The van der Waals surface area contributed by atoms with Crippen molar-refractivity contribution < 1.29 is 8.42 Å². The van der Waals surface area contributed by atoms with Gasteiger partial charge in [-0.25, -0.2) is 8.42 Å². The van der Waals surface area contributed by atoms with Gasteiger partial charge in [0, 0.05) is 25.3 Å². The molecule has 2 unspecified atom stereocenters. The van der Waals surface area contributed by atoms with Gasteiger partial charge in [0.1, 0.15) is 0 Å². The largest absolute Gasteiger partial charge is 0.385 e. The van der Waals surface area contributed by atoms with Gasteiger partial charge < -0.3 is 5.32 Å². The smallest absolute Gasteiger partial charge is 0.243 e. The molecule has 1 aliphatic rings. The van der Waals surface area contributed by atoms with Crippen molar-refractivity contribution in [2.24, 2.45) is 11.8 Å². The SMILES string of the molecule is CCCNc1ccc(S(=O)(=O)N2CC(C)CC(C)C2)cc1. The summed E-state index contributed by atoms with van der Waals surface area (Å²) in [7, 11) is -3.36. The summed E-state index contributed by atoms with van der Waals surface area (Å²) >= 11 is 0. The second-order valence-electron chi connectivity index (χ2n) is 6.22. The van der Waals surface area contributed by atoms with E-state index in [1.807, 2.05) is 12.1 Å². The minimum Gasteiger partial charge on any atom is -0.385 e. The van der Waals surface area contributed by atoms with Crippen molar-refractivity contribution in [2.75, 3.05) is 25.0 Å². The van der Waals surface area contributed by atoms with Crippen LogP contribution in [0.2, 0.25) is 0 Å². The summed E-state index contributed by atoms with van der Waals surface area (Å²) in [5.74, 6) is 0.850. The second kappa shape index (κ2) is 6.79. The number of benzene rings is 1. The third kappa shape index (κ3) is 3.98. The number of sulfonamides is 1. The highest BCUT2D eigenvalue weighted by molar-refractivity contribution is 7.89. The zero-order valence-corrected chi connectivity index (χ0v) is 14.0. The molecule has 2 rings (SSSR count). The summed E-state index contributed by atoms with van der Waals surface area (Å²) in [5.41, 5.74) is 0.969. The van der Waals surface area contributed by atoms with Crippen LogP contribution in [-0.4, -0.2) is 32.4 Å². The van der Waals surface area contributed by atoms with Crippen molar-refractivity contribution in [2.45, 2.75) is 38.5 Å². The summed E-state index contributed by atoms with van der Waals surface area (Å²) in [5, 5.41) is 3.26. The minimum absolute atomic E-state index is 0.394. The third-order valence-corrected chi connectivity index (χ3v) is 5.75. The van der Waals surface area contributed by atoms with Crippen molar-refractivity contribution in [1.82, 2.24) is 4.31 Å². The molecule has 118 valence electrons. The molecule has 1 fully saturated rings. The Bertz CT molecular complexity index is 544. The quantitative estimate of drug-likeness (QED) is 0.909. The van der Waals surface area contributed by atoms with Crippen LogP contribution in [0.5, 0.6) is 0 Å². The maximum Gasteiger partial charge on any atom is 0.243 e. The standard InChI is InChI=1S/C16H26N2O2S/c1-4-9-17-15-5-7-16(8-6-15)21(19,20)18-11-13(2)10-14(3)12-18/h5-8,13-14,17H,4,9-12H2,1-3H3. The normalized spacial score (nSPS) is 24.0. The van der Waals surface area contributed by atoms with E-state index in [0.717, 1.165) is 25.1 Å².